The Hall–Kier alpha value is -1.11. The maximum atomic E-state index is 12.3. The second-order valence-corrected chi connectivity index (χ2v) is 7.40. The average molecular weight is 311 g/mol. The van der Waals surface area contributed by atoms with Gasteiger partial charge in [-0.15, -0.1) is 0 Å². The molecule has 1 aromatic rings. The van der Waals surface area contributed by atoms with Crippen LogP contribution < -0.4 is 10.0 Å². The normalized spacial score (nSPS) is 15.8. The lowest BCUT2D eigenvalue weighted by Crippen LogP contribution is -2.37. The van der Waals surface area contributed by atoms with Gasteiger partial charge in [-0.3, -0.25) is 0 Å². The van der Waals surface area contributed by atoms with E-state index < -0.39 is 10.0 Å². The fourth-order valence-electron chi connectivity index (χ4n) is 2.41. The largest absolute Gasteiger partial charge is 0.384 e. The topological polar surface area (TPSA) is 61.4 Å². The van der Waals surface area contributed by atoms with Crippen molar-refractivity contribution in [1.82, 2.24) is 9.62 Å². The van der Waals surface area contributed by atoms with E-state index in [1.807, 2.05) is 13.1 Å². The van der Waals surface area contributed by atoms with Gasteiger partial charge in [0.25, 0.3) is 0 Å². The van der Waals surface area contributed by atoms with Gasteiger partial charge >= 0.3 is 0 Å². The van der Waals surface area contributed by atoms with Crippen molar-refractivity contribution < 1.29 is 8.42 Å². The summed E-state index contributed by atoms with van der Waals surface area (Å²) >= 11 is 0. The van der Waals surface area contributed by atoms with Crippen LogP contribution in [0.4, 0.5) is 5.69 Å². The number of sulfonamides is 1. The fraction of sp³-hybridized carbons (Fsp3) is 0.600. The van der Waals surface area contributed by atoms with E-state index in [2.05, 4.69) is 28.8 Å². The highest BCUT2D eigenvalue weighted by molar-refractivity contribution is 7.89. The second kappa shape index (κ2) is 6.77. The van der Waals surface area contributed by atoms with E-state index in [1.165, 1.54) is 5.56 Å². The van der Waals surface area contributed by atoms with Crippen molar-refractivity contribution in [3.63, 3.8) is 0 Å². The molecule has 5 nitrogen and oxygen atoms in total. The molecule has 0 bridgehead atoms. The minimum absolute atomic E-state index is 0.335. The zero-order valence-corrected chi connectivity index (χ0v) is 13.8. The van der Waals surface area contributed by atoms with Gasteiger partial charge in [0.15, 0.2) is 0 Å². The van der Waals surface area contributed by atoms with Crippen LogP contribution >= 0.6 is 0 Å². The number of nitrogens with zero attached hydrogens (tertiary/aromatic N) is 1. The molecule has 2 N–H and O–H groups in total. The third kappa shape index (κ3) is 3.96. The quantitative estimate of drug-likeness (QED) is 0.804. The first-order valence-electron chi connectivity index (χ1n) is 7.50. The molecule has 0 aliphatic carbocycles. The third-order valence-electron chi connectivity index (χ3n) is 4.20. The molecule has 0 saturated carbocycles. The summed E-state index contributed by atoms with van der Waals surface area (Å²) in [6.45, 7) is 6.28. The van der Waals surface area contributed by atoms with Gasteiger partial charge in [0.2, 0.25) is 10.0 Å². The van der Waals surface area contributed by atoms with Crippen molar-refractivity contribution in [2.24, 2.45) is 0 Å². The fourth-order valence-corrected chi connectivity index (χ4v) is 3.46. The van der Waals surface area contributed by atoms with Crippen molar-refractivity contribution >= 4 is 15.7 Å². The van der Waals surface area contributed by atoms with Gasteiger partial charge in [-0.1, -0.05) is 13.0 Å². The van der Waals surface area contributed by atoms with Crippen LogP contribution in [0.5, 0.6) is 0 Å². The summed E-state index contributed by atoms with van der Waals surface area (Å²) in [5, 5.41) is 3.21. The Bertz CT molecular complexity index is 587. The highest BCUT2D eigenvalue weighted by Gasteiger charge is 2.18. The summed E-state index contributed by atoms with van der Waals surface area (Å²) in [6.07, 6.45) is 2.02. The monoisotopic (exact) mass is 311 g/mol. The van der Waals surface area contributed by atoms with Crippen molar-refractivity contribution in [3.05, 3.63) is 23.8 Å². The van der Waals surface area contributed by atoms with Crippen LogP contribution in [-0.4, -0.2) is 46.0 Å². The Morgan fingerprint density at radius 3 is 2.90 bits per heavy atom. The van der Waals surface area contributed by atoms with E-state index in [1.54, 1.807) is 12.1 Å². The highest BCUT2D eigenvalue weighted by Crippen LogP contribution is 2.25. The molecule has 0 fully saturated rings. The van der Waals surface area contributed by atoms with Crippen molar-refractivity contribution in [2.75, 3.05) is 32.0 Å². The van der Waals surface area contributed by atoms with Crippen molar-refractivity contribution in [3.8, 4) is 0 Å². The Kier molecular flexibility index (Phi) is 5.24. The molecule has 1 aliphatic rings. The molecule has 0 spiro atoms. The minimum atomic E-state index is -3.43. The van der Waals surface area contributed by atoms with E-state index in [9.17, 15) is 8.42 Å². The van der Waals surface area contributed by atoms with Crippen LogP contribution in [0.3, 0.4) is 0 Å². The lowest BCUT2D eigenvalue weighted by atomic mass is 10.2. The molecule has 21 heavy (non-hydrogen) atoms. The number of fused-ring (bicyclic) bond motifs is 1. The number of rotatable bonds is 7. The lowest BCUT2D eigenvalue weighted by molar-refractivity contribution is 0.256. The van der Waals surface area contributed by atoms with E-state index in [4.69, 9.17) is 0 Å². The van der Waals surface area contributed by atoms with E-state index in [0.717, 1.165) is 25.1 Å². The summed E-state index contributed by atoms with van der Waals surface area (Å²) in [4.78, 5) is 2.49. The van der Waals surface area contributed by atoms with Gasteiger partial charge in [0.05, 0.1) is 4.90 Å². The lowest BCUT2D eigenvalue weighted by Gasteiger charge is -2.23. The molecular weight excluding hydrogens is 286 g/mol. The molecule has 1 unspecified atom stereocenters. The zero-order chi connectivity index (χ0) is 15.5. The van der Waals surface area contributed by atoms with Crippen molar-refractivity contribution in [1.29, 1.82) is 0 Å². The first-order chi connectivity index (χ1) is 9.94. The number of hydrogen-bond donors (Lipinski definition) is 2. The second-order valence-electron chi connectivity index (χ2n) is 5.63. The average Bonchev–Trinajstić information content (AvgIpc) is 2.93. The molecule has 2 rings (SSSR count). The zero-order valence-electron chi connectivity index (χ0n) is 13.0. The maximum Gasteiger partial charge on any atom is 0.240 e. The molecule has 1 atom stereocenters. The number of likely N-dealkylation sites (N-methyl/N-ethyl adjacent to an activating group) is 1. The van der Waals surface area contributed by atoms with Crippen LogP contribution in [0.2, 0.25) is 0 Å². The number of benzene rings is 1. The van der Waals surface area contributed by atoms with E-state index in [0.29, 0.717) is 24.0 Å². The number of hydrogen-bond acceptors (Lipinski definition) is 4. The van der Waals surface area contributed by atoms with E-state index >= 15 is 0 Å². The summed E-state index contributed by atoms with van der Waals surface area (Å²) in [6, 6.07) is 5.77. The molecule has 0 amide bonds. The van der Waals surface area contributed by atoms with Crippen LogP contribution in [0, 0.1) is 0 Å². The predicted octanol–water partition coefficient (Wildman–Crippen LogP) is 1.66. The van der Waals surface area contributed by atoms with Gasteiger partial charge < -0.3 is 10.2 Å². The Morgan fingerprint density at radius 1 is 1.43 bits per heavy atom. The third-order valence-corrected chi connectivity index (χ3v) is 5.66. The molecule has 1 heterocycles. The highest BCUT2D eigenvalue weighted by atomic mass is 32.2. The first kappa shape index (κ1) is 16.3. The van der Waals surface area contributed by atoms with Crippen LogP contribution in [0.1, 0.15) is 25.8 Å². The minimum Gasteiger partial charge on any atom is -0.384 e. The van der Waals surface area contributed by atoms with Gasteiger partial charge in [-0.25, -0.2) is 13.1 Å². The predicted molar refractivity (Wildman–Crippen MR) is 86.2 cm³/mol. The molecule has 118 valence electrons. The number of anilines is 1. The molecular formula is C15H25N3O2S. The Balaban J connectivity index is 1.96. The van der Waals surface area contributed by atoms with Crippen LogP contribution in [0.25, 0.3) is 0 Å². The van der Waals surface area contributed by atoms with Gasteiger partial charge in [0, 0.05) is 31.4 Å². The van der Waals surface area contributed by atoms with Gasteiger partial charge in [-0.2, -0.15) is 0 Å². The van der Waals surface area contributed by atoms with Gasteiger partial charge in [0.1, 0.15) is 0 Å². The smallest absolute Gasteiger partial charge is 0.240 e. The first-order valence-corrected chi connectivity index (χ1v) is 8.99. The van der Waals surface area contributed by atoms with Crippen molar-refractivity contribution in [2.45, 2.75) is 37.6 Å². The summed E-state index contributed by atoms with van der Waals surface area (Å²) < 4.78 is 27.3. The molecule has 1 aliphatic heterocycles. The molecule has 6 heteroatoms. The maximum absolute atomic E-state index is 12.3. The molecule has 0 aromatic heterocycles. The SMILES string of the molecule is CCC(C)N(C)CCNS(=O)(=O)c1ccc2c(c1)NCC2. The van der Waals surface area contributed by atoms with Gasteiger partial charge in [-0.05, 0) is 44.5 Å². The van der Waals surface area contributed by atoms with Crippen LogP contribution in [0.15, 0.2) is 23.1 Å². The summed E-state index contributed by atoms with van der Waals surface area (Å²) in [5.41, 5.74) is 2.13. The standard InChI is InChI=1S/C15H25N3O2S/c1-4-12(2)18(3)10-9-17-21(19,20)14-6-5-13-7-8-16-15(13)11-14/h5-6,11-12,16-17H,4,7-10H2,1-3H3. The summed E-state index contributed by atoms with van der Waals surface area (Å²) in [5.74, 6) is 0. The van der Waals surface area contributed by atoms with E-state index in [-0.39, 0.29) is 0 Å². The summed E-state index contributed by atoms with van der Waals surface area (Å²) in [7, 11) is -1.41. The molecule has 0 radical (unpaired) electrons. The Labute approximate surface area is 127 Å². The Morgan fingerprint density at radius 2 is 2.19 bits per heavy atom. The molecule has 1 aromatic carbocycles. The van der Waals surface area contributed by atoms with Crippen LogP contribution in [-0.2, 0) is 16.4 Å². The number of nitrogens with one attached hydrogen (secondary N) is 2. The molecule has 0 saturated heterocycles.